The van der Waals surface area contributed by atoms with Gasteiger partial charge in [0.15, 0.2) is 0 Å². The molecule has 6 rings (SSSR count). The van der Waals surface area contributed by atoms with E-state index >= 15 is 0 Å². The van der Waals surface area contributed by atoms with E-state index in [4.69, 9.17) is 0 Å². The second-order valence-electron chi connectivity index (χ2n) is 10.6. The number of amides is 2. The number of nitrogens with one attached hydrogen (secondary N) is 1. The van der Waals surface area contributed by atoms with Gasteiger partial charge in [-0.15, -0.1) is 0 Å². The molecule has 3 aromatic rings. The number of nitrogens with zero attached hydrogens (tertiary/aromatic N) is 2. The van der Waals surface area contributed by atoms with Crippen LogP contribution in [0.25, 0.3) is 10.9 Å². The van der Waals surface area contributed by atoms with Gasteiger partial charge in [-0.3, -0.25) is 9.59 Å². The van der Waals surface area contributed by atoms with E-state index in [-0.39, 0.29) is 30.4 Å². The number of hydrogen-bond donors (Lipinski definition) is 1. The third-order valence-corrected chi connectivity index (χ3v) is 8.23. The van der Waals surface area contributed by atoms with Gasteiger partial charge in [0.1, 0.15) is 12.6 Å². The number of piperazine rings is 1. The molecular weight excluding hydrogens is 422 g/mol. The van der Waals surface area contributed by atoms with Gasteiger partial charge in [0, 0.05) is 29.1 Å². The van der Waals surface area contributed by atoms with Crippen molar-refractivity contribution in [1.82, 2.24) is 14.8 Å². The third-order valence-electron chi connectivity index (χ3n) is 8.23. The third kappa shape index (κ3) is 3.36. The van der Waals surface area contributed by atoms with Crippen molar-refractivity contribution in [2.45, 2.75) is 76.4 Å². The van der Waals surface area contributed by atoms with Gasteiger partial charge < -0.3 is 14.8 Å². The normalized spacial score (nSPS) is 23.5. The van der Waals surface area contributed by atoms with E-state index in [2.05, 4.69) is 61.3 Å². The van der Waals surface area contributed by atoms with Crippen molar-refractivity contribution in [3.8, 4) is 0 Å². The lowest BCUT2D eigenvalue weighted by molar-refractivity contribution is -0.161. The Morgan fingerprint density at radius 1 is 0.941 bits per heavy atom. The quantitative estimate of drug-likeness (QED) is 0.582. The number of benzene rings is 2. The van der Waals surface area contributed by atoms with Gasteiger partial charge >= 0.3 is 0 Å². The number of rotatable bonds is 3. The van der Waals surface area contributed by atoms with Gasteiger partial charge in [-0.2, -0.15) is 0 Å². The lowest BCUT2D eigenvalue weighted by Gasteiger charge is -2.49. The molecule has 0 spiro atoms. The molecule has 2 atom stereocenters. The molecule has 2 amide bonds. The standard InChI is InChI=1S/C29H33N3O2/c1-18(2)19-12-14-20(15-13-19)28-27-23(22-10-6-7-11-24(22)30-27)16-25-29(34)31(17-26(33)32(25)28)21-8-4-3-5-9-21/h6-7,10-15,18,21,25,28,30H,3-5,8-9,16-17H2,1-2H3/t25-,28?/m0/s1. The van der Waals surface area contributed by atoms with Crippen LogP contribution in [0.4, 0.5) is 0 Å². The van der Waals surface area contributed by atoms with E-state index in [1.807, 2.05) is 15.9 Å². The van der Waals surface area contributed by atoms with Crippen LogP contribution >= 0.6 is 0 Å². The largest absolute Gasteiger partial charge is 0.356 e. The van der Waals surface area contributed by atoms with Crippen LogP contribution in [0.2, 0.25) is 0 Å². The van der Waals surface area contributed by atoms with E-state index in [0.717, 1.165) is 47.8 Å². The summed E-state index contributed by atoms with van der Waals surface area (Å²) in [5, 5.41) is 1.16. The van der Waals surface area contributed by atoms with Crippen molar-refractivity contribution in [2.75, 3.05) is 6.54 Å². The van der Waals surface area contributed by atoms with E-state index in [0.29, 0.717) is 12.3 Å². The maximum Gasteiger partial charge on any atom is 0.246 e. The minimum atomic E-state index is -0.440. The number of carbonyl (C=O) groups is 2. The van der Waals surface area contributed by atoms with Crippen LogP contribution in [0.15, 0.2) is 48.5 Å². The van der Waals surface area contributed by atoms with Crippen molar-refractivity contribution < 1.29 is 9.59 Å². The number of H-pyrrole nitrogens is 1. The van der Waals surface area contributed by atoms with Crippen molar-refractivity contribution in [3.63, 3.8) is 0 Å². The minimum absolute atomic E-state index is 0.0671. The predicted molar refractivity (Wildman–Crippen MR) is 134 cm³/mol. The average Bonchev–Trinajstić information content (AvgIpc) is 3.24. The first-order valence-electron chi connectivity index (χ1n) is 12.8. The molecule has 5 nitrogen and oxygen atoms in total. The first-order chi connectivity index (χ1) is 16.5. The van der Waals surface area contributed by atoms with Gasteiger partial charge in [-0.1, -0.05) is 75.6 Å². The summed E-state index contributed by atoms with van der Waals surface area (Å²) in [7, 11) is 0. The van der Waals surface area contributed by atoms with E-state index < -0.39 is 6.04 Å². The van der Waals surface area contributed by atoms with E-state index in [9.17, 15) is 9.59 Å². The van der Waals surface area contributed by atoms with Crippen molar-refractivity contribution in [3.05, 3.63) is 70.9 Å². The molecule has 0 bridgehead atoms. The smallest absolute Gasteiger partial charge is 0.246 e. The van der Waals surface area contributed by atoms with Gasteiger partial charge in [-0.25, -0.2) is 0 Å². The molecule has 1 saturated heterocycles. The summed E-state index contributed by atoms with van der Waals surface area (Å²) in [5.74, 6) is 0.641. The van der Waals surface area contributed by atoms with Crippen molar-refractivity contribution in [2.24, 2.45) is 0 Å². The first-order valence-corrected chi connectivity index (χ1v) is 12.8. The van der Waals surface area contributed by atoms with Crippen LogP contribution in [0, 0.1) is 0 Å². The lowest BCUT2D eigenvalue weighted by Crippen LogP contribution is -2.65. The lowest BCUT2D eigenvalue weighted by atomic mass is 9.84. The molecule has 2 aliphatic heterocycles. The van der Waals surface area contributed by atoms with Crippen molar-refractivity contribution in [1.29, 1.82) is 0 Å². The van der Waals surface area contributed by atoms with Crippen LogP contribution in [0.1, 0.15) is 80.3 Å². The van der Waals surface area contributed by atoms with Crippen LogP contribution in [0.3, 0.4) is 0 Å². The van der Waals surface area contributed by atoms with Crippen LogP contribution < -0.4 is 0 Å². The molecule has 1 unspecified atom stereocenters. The summed E-state index contributed by atoms with van der Waals surface area (Å²) in [6.45, 7) is 4.58. The number of aromatic amines is 1. The summed E-state index contributed by atoms with van der Waals surface area (Å²) in [4.78, 5) is 35.1. The Labute approximate surface area is 201 Å². The highest BCUT2D eigenvalue weighted by Crippen LogP contribution is 2.43. The van der Waals surface area contributed by atoms with Crippen molar-refractivity contribution >= 4 is 22.7 Å². The zero-order valence-corrected chi connectivity index (χ0v) is 20.1. The van der Waals surface area contributed by atoms with Gasteiger partial charge in [-0.05, 0) is 41.5 Å². The van der Waals surface area contributed by atoms with Gasteiger partial charge in [0.05, 0.1) is 6.04 Å². The molecule has 1 saturated carbocycles. The highest BCUT2D eigenvalue weighted by atomic mass is 16.2. The fourth-order valence-electron chi connectivity index (χ4n) is 6.40. The highest BCUT2D eigenvalue weighted by molar-refractivity contribution is 5.97. The highest BCUT2D eigenvalue weighted by Gasteiger charge is 2.49. The summed E-state index contributed by atoms with van der Waals surface area (Å²) in [5.41, 5.74) is 5.65. The Hall–Kier alpha value is -3.08. The summed E-state index contributed by atoms with van der Waals surface area (Å²) >= 11 is 0. The van der Waals surface area contributed by atoms with Gasteiger partial charge in [0.25, 0.3) is 0 Å². The number of hydrogen-bond acceptors (Lipinski definition) is 2. The molecule has 1 aromatic heterocycles. The number of aromatic nitrogens is 1. The van der Waals surface area contributed by atoms with E-state index in [1.54, 1.807) is 0 Å². The van der Waals surface area contributed by atoms with Crippen LogP contribution in [-0.2, 0) is 16.0 Å². The zero-order valence-electron chi connectivity index (χ0n) is 20.1. The molecule has 5 heteroatoms. The number of fused-ring (bicyclic) bond motifs is 4. The zero-order chi connectivity index (χ0) is 23.4. The van der Waals surface area contributed by atoms with Crippen LogP contribution in [0.5, 0.6) is 0 Å². The maximum atomic E-state index is 13.9. The molecule has 1 N–H and O–H groups in total. The Morgan fingerprint density at radius 2 is 1.68 bits per heavy atom. The Bertz CT molecular complexity index is 1240. The topological polar surface area (TPSA) is 56.4 Å². The fourth-order valence-corrected chi connectivity index (χ4v) is 6.40. The Balaban J connectivity index is 1.46. The average molecular weight is 456 g/mol. The SMILES string of the molecule is CC(C)c1ccc(C2c3[nH]c4ccccc4c3C[C@H]3C(=O)N(C4CCCCC4)CC(=O)N23)cc1. The molecule has 3 heterocycles. The summed E-state index contributed by atoms with van der Waals surface area (Å²) in [6.07, 6.45) is 6.14. The molecule has 176 valence electrons. The first kappa shape index (κ1) is 21.5. The van der Waals surface area contributed by atoms with E-state index in [1.165, 1.54) is 17.5 Å². The summed E-state index contributed by atoms with van der Waals surface area (Å²) in [6, 6.07) is 16.4. The molecular formula is C29H33N3O2. The maximum absolute atomic E-state index is 13.9. The fraction of sp³-hybridized carbons (Fsp3) is 0.448. The molecule has 1 aliphatic carbocycles. The molecule has 2 aromatic carbocycles. The number of carbonyl (C=O) groups excluding carboxylic acids is 2. The van der Waals surface area contributed by atoms with Gasteiger partial charge in [0.2, 0.25) is 11.8 Å². The minimum Gasteiger partial charge on any atom is -0.356 e. The molecule has 3 aliphatic rings. The summed E-state index contributed by atoms with van der Waals surface area (Å²) < 4.78 is 0. The molecule has 0 radical (unpaired) electrons. The predicted octanol–water partition coefficient (Wildman–Crippen LogP) is 5.31. The Kier molecular flexibility index (Phi) is 5.23. The Morgan fingerprint density at radius 3 is 2.41 bits per heavy atom. The number of para-hydroxylation sites is 1. The molecule has 2 fully saturated rings. The van der Waals surface area contributed by atoms with Crippen LogP contribution in [-0.4, -0.2) is 45.2 Å². The monoisotopic (exact) mass is 455 g/mol. The molecule has 34 heavy (non-hydrogen) atoms. The second-order valence-corrected chi connectivity index (χ2v) is 10.6. The second kappa shape index (κ2) is 8.30.